The highest BCUT2D eigenvalue weighted by atomic mass is 35.5. The fraction of sp³-hybridized carbons (Fsp3) is 0.571. The largest absolute Gasteiger partial charge is 0.415 e. The lowest BCUT2D eigenvalue weighted by Crippen LogP contribution is -2.40. The maximum atomic E-state index is 12.2. The van der Waals surface area contributed by atoms with Gasteiger partial charge in [0, 0.05) is 31.3 Å². The number of rotatable bonds is 11. The van der Waals surface area contributed by atoms with Gasteiger partial charge in [-0.1, -0.05) is 17.7 Å². The fourth-order valence-electron chi connectivity index (χ4n) is 3.05. The molecule has 1 aliphatic heterocycles. The molecule has 0 bridgehead atoms. The number of halogens is 1. The molecule has 1 aromatic rings. The SMILES string of the molecule is C=CCCNCCCOCCC1CCN(C(=O)Oc2ccc(Cl)cc2)CC1. The lowest BCUT2D eigenvalue weighted by atomic mass is 9.94. The van der Waals surface area contributed by atoms with Crippen LogP contribution < -0.4 is 10.1 Å². The highest BCUT2D eigenvalue weighted by molar-refractivity contribution is 6.30. The monoisotopic (exact) mass is 394 g/mol. The Bertz CT molecular complexity index is 557. The van der Waals surface area contributed by atoms with E-state index in [4.69, 9.17) is 21.1 Å². The maximum absolute atomic E-state index is 12.2. The van der Waals surface area contributed by atoms with Gasteiger partial charge in [-0.25, -0.2) is 4.79 Å². The number of nitrogens with one attached hydrogen (secondary N) is 1. The van der Waals surface area contributed by atoms with Gasteiger partial charge in [0.2, 0.25) is 0 Å². The lowest BCUT2D eigenvalue weighted by molar-refractivity contribution is 0.0964. The van der Waals surface area contributed by atoms with Crippen molar-refractivity contribution in [1.82, 2.24) is 10.2 Å². The first-order valence-corrected chi connectivity index (χ1v) is 10.2. The molecule has 0 radical (unpaired) electrons. The molecule has 1 N–H and O–H groups in total. The second-order valence-electron chi connectivity index (χ2n) is 6.83. The first-order chi connectivity index (χ1) is 13.2. The Kier molecular flexibility index (Phi) is 10.3. The summed E-state index contributed by atoms with van der Waals surface area (Å²) in [5.74, 6) is 1.15. The highest BCUT2D eigenvalue weighted by Crippen LogP contribution is 2.22. The number of hydrogen-bond donors (Lipinski definition) is 1. The molecule has 6 heteroatoms. The number of carbonyl (C=O) groups is 1. The van der Waals surface area contributed by atoms with E-state index in [1.54, 1.807) is 29.2 Å². The third-order valence-electron chi connectivity index (χ3n) is 4.73. The summed E-state index contributed by atoms with van der Waals surface area (Å²) in [7, 11) is 0. The van der Waals surface area contributed by atoms with E-state index in [2.05, 4.69) is 11.9 Å². The second-order valence-corrected chi connectivity index (χ2v) is 7.27. The molecule has 1 saturated heterocycles. The van der Waals surface area contributed by atoms with Crippen molar-refractivity contribution < 1.29 is 14.3 Å². The van der Waals surface area contributed by atoms with Crippen LogP contribution in [0, 0.1) is 5.92 Å². The lowest BCUT2D eigenvalue weighted by Gasteiger charge is -2.31. The van der Waals surface area contributed by atoms with Gasteiger partial charge in [0.25, 0.3) is 0 Å². The molecule has 1 heterocycles. The zero-order chi connectivity index (χ0) is 19.3. The zero-order valence-electron chi connectivity index (χ0n) is 16.0. The van der Waals surface area contributed by atoms with E-state index in [-0.39, 0.29) is 6.09 Å². The minimum absolute atomic E-state index is 0.282. The van der Waals surface area contributed by atoms with E-state index in [1.807, 2.05) is 6.08 Å². The van der Waals surface area contributed by atoms with Crippen molar-refractivity contribution >= 4 is 17.7 Å². The molecule has 5 nitrogen and oxygen atoms in total. The molecule has 0 spiro atoms. The van der Waals surface area contributed by atoms with Crippen molar-refractivity contribution in [3.63, 3.8) is 0 Å². The predicted molar refractivity (Wildman–Crippen MR) is 110 cm³/mol. The molecular formula is C21H31ClN2O3. The quantitative estimate of drug-likeness (QED) is 0.443. The third-order valence-corrected chi connectivity index (χ3v) is 4.98. The van der Waals surface area contributed by atoms with Crippen molar-refractivity contribution in [3.8, 4) is 5.75 Å². The Hall–Kier alpha value is -1.56. The predicted octanol–water partition coefficient (Wildman–Crippen LogP) is 4.51. The standard InChI is InChI=1S/C21H31ClN2O3/c1-2-3-12-23-13-4-16-26-17-11-18-9-14-24(15-10-18)21(25)27-20-7-5-19(22)6-8-20/h2,5-8,18,23H,1,3-4,9-17H2. The number of likely N-dealkylation sites (tertiary alicyclic amines) is 1. The van der Waals surface area contributed by atoms with Crippen molar-refractivity contribution in [2.75, 3.05) is 39.4 Å². The van der Waals surface area contributed by atoms with Crippen LogP contribution in [0.2, 0.25) is 5.02 Å². The summed E-state index contributed by atoms with van der Waals surface area (Å²) >= 11 is 5.84. The molecule has 150 valence electrons. The molecule has 1 amide bonds. The molecule has 0 aliphatic carbocycles. The van der Waals surface area contributed by atoms with E-state index in [9.17, 15) is 4.79 Å². The van der Waals surface area contributed by atoms with Crippen molar-refractivity contribution in [2.24, 2.45) is 5.92 Å². The highest BCUT2D eigenvalue weighted by Gasteiger charge is 2.23. The van der Waals surface area contributed by atoms with Crippen LogP contribution in [-0.2, 0) is 4.74 Å². The second kappa shape index (κ2) is 12.8. The maximum Gasteiger partial charge on any atom is 0.415 e. The van der Waals surface area contributed by atoms with E-state index < -0.39 is 0 Å². The molecule has 0 saturated carbocycles. The van der Waals surface area contributed by atoms with Crippen LogP contribution >= 0.6 is 11.6 Å². The van der Waals surface area contributed by atoms with E-state index >= 15 is 0 Å². The normalized spacial score (nSPS) is 14.9. The molecule has 0 atom stereocenters. The molecule has 2 rings (SSSR count). The number of benzene rings is 1. The van der Waals surface area contributed by atoms with Gasteiger partial charge in [-0.3, -0.25) is 0 Å². The average molecular weight is 395 g/mol. The van der Waals surface area contributed by atoms with Crippen LogP contribution in [0.1, 0.15) is 32.1 Å². The summed E-state index contributed by atoms with van der Waals surface area (Å²) in [5.41, 5.74) is 0. The molecule has 0 aromatic heterocycles. The smallest absolute Gasteiger partial charge is 0.410 e. The minimum Gasteiger partial charge on any atom is -0.410 e. The molecule has 1 fully saturated rings. The summed E-state index contributed by atoms with van der Waals surface area (Å²) in [6.45, 7) is 8.76. The first kappa shape index (κ1) is 21.7. The third kappa shape index (κ3) is 8.78. The summed E-state index contributed by atoms with van der Waals surface area (Å²) in [6, 6.07) is 6.85. The number of carbonyl (C=O) groups excluding carboxylic acids is 1. The van der Waals surface area contributed by atoms with Crippen LogP contribution in [-0.4, -0.2) is 50.4 Å². The van der Waals surface area contributed by atoms with Gasteiger partial charge < -0.3 is 19.7 Å². The minimum atomic E-state index is -0.282. The van der Waals surface area contributed by atoms with Crippen LogP contribution in [0.3, 0.4) is 0 Å². The number of nitrogens with zero attached hydrogens (tertiary/aromatic N) is 1. The number of hydrogen-bond acceptors (Lipinski definition) is 4. The van der Waals surface area contributed by atoms with Gasteiger partial charge in [-0.05, 0) is 75.4 Å². The number of amides is 1. The summed E-state index contributed by atoms with van der Waals surface area (Å²) in [4.78, 5) is 14.0. The van der Waals surface area contributed by atoms with Crippen LogP contribution in [0.25, 0.3) is 0 Å². The van der Waals surface area contributed by atoms with Crippen LogP contribution in [0.5, 0.6) is 5.75 Å². The Balaban J connectivity index is 1.51. The first-order valence-electron chi connectivity index (χ1n) is 9.80. The van der Waals surface area contributed by atoms with Crippen LogP contribution in [0.15, 0.2) is 36.9 Å². The van der Waals surface area contributed by atoms with Crippen molar-refractivity contribution in [3.05, 3.63) is 41.9 Å². The van der Waals surface area contributed by atoms with Gasteiger partial charge in [0.05, 0.1) is 0 Å². The zero-order valence-corrected chi connectivity index (χ0v) is 16.8. The Morgan fingerprint density at radius 2 is 1.96 bits per heavy atom. The Morgan fingerprint density at radius 1 is 1.22 bits per heavy atom. The molecular weight excluding hydrogens is 364 g/mol. The molecule has 27 heavy (non-hydrogen) atoms. The number of piperidine rings is 1. The van der Waals surface area contributed by atoms with Gasteiger partial charge in [0.15, 0.2) is 0 Å². The van der Waals surface area contributed by atoms with Gasteiger partial charge in [-0.15, -0.1) is 6.58 Å². The van der Waals surface area contributed by atoms with E-state index in [0.29, 0.717) is 16.7 Å². The van der Waals surface area contributed by atoms with Crippen molar-refractivity contribution in [1.29, 1.82) is 0 Å². The number of ether oxygens (including phenoxy) is 2. The van der Waals surface area contributed by atoms with E-state index in [0.717, 1.165) is 71.5 Å². The fourth-order valence-corrected chi connectivity index (χ4v) is 3.18. The molecule has 1 aromatic carbocycles. The molecule has 0 unspecified atom stereocenters. The van der Waals surface area contributed by atoms with E-state index in [1.165, 1.54) is 0 Å². The van der Waals surface area contributed by atoms with Crippen molar-refractivity contribution in [2.45, 2.75) is 32.1 Å². The topological polar surface area (TPSA) is 50.8 Å². The summed E-state index contributed by atoms with van der Waals surface area (Å²) < 4.78 is 11.1. The Labute approximate surface area is 167 Å². The van der Waals surface area contributed by atoms with Gasteiger partial charge in [0.1, 0.15) is 5.75 Å². The van der Waals surface area contributed by atoms with Gasteiger partial charge >= 0.3 is 6.09 Å². The average Bonchev–Trinajstić information content (AvgIpc) is 2.69. The van der Waals surface area contributed by atoms with Crippen LogP contribution in [0.4, 0.5) is 4.79 Å². The summed E-state index contributed by atoms with van der Waals surface area (Å²) in [5, 5.41) is 3.98. The summed E-state index contributed by atoms with van der Waals surface area (Å²) in [6.07, 6.45) is 6.75. The Morgan fingerprint density at radius 3 is 2.67 bits per heavy atom. The molecule has 1 aliphatic rings. The van der Waals surface area contributed by atoms with Gasteiger partial charge in [-0.2, -0.15) is 0 Å².